The van der Waals surface area contributed by atoms with Crippen LogP contribution in [0.25, 0.3) is 28.5 Å². The standard InChI is InChI=1S/C21H20N6O3/c1-26-10-12-8-16-19(20-23-21(30-25-20)17-4-3-7-29-17)22-11-27(16)15-6-5-13(28-2)9-14(15)18(12)24-26/h5-6,9-11,17H,3-4,7-8H2,1-2H3/t17-/m0/s1. The Bertz CT molecular complexity index is 1250. The summed E-state index contributed by atoms with van der Waals surface area (Å²) in [5.74, 6) is 1.79. The first-order valence-corrected chi connectivity index (χ1v) is 9.94. The molecule has 0 saturated carbocycles. The van der Waals surface area contributed by atoms with Crippen LogP contribution in [-0.4, -0.2) is 43.2 Å². The largest absolute Gasteiger partial charge is 0.497 e. The van der Waals surface area contributed by atoms with Crippen molar-refractivity contribution in [3.63, 3.8) is 0 Å². The van der Waals surface area contributed by atoms with Gasteiger partial charge in [-0.05, 0) is 31.0 Å². The van der Waals surface area contributed by atoms with Gasteiger partial charge in [0.25, 0.3) is 5.89 Å². The Kier molecular flexibility index (Phi) is 3.79. The first-order valence-electron chi connectivity index (χ1n) is 9.94. The predicted octanol–water partition coefficient (Wildman–Crippen LogP) is 3.09. The van der Waals surface area contributed by atoms with Crippen molar-refractivity contribution in [3.8, 4) is 34.2 Å². The molecule has 152 valence electrons. The number of nitrogens with zero attached hydrogens (tertiary/aromatic N) is 6. The van der Waals surface area contributed by atoms with Crippen molar-refractivity contribution in [3.05, 3.63) is 47.9 Å². The monoisotopic (exact) mass is 404 g/mol. The highest BCUT2D eigenvalue weighted by molar-refractivity contribution is 5.77. The van der Waals surface area contributed by atoms with Gasteiger partial charge in [0.15, 0.2) is 0 Å². The number of benzene rings is 1. The van der Waals surface area contributed by atoms with E-state index in [1.807, 2.05) is 42.5 Å². The third-order valence-corrected chi connectivity index (χ3v) is 5.71. The van der Waals surface area contributed by atoms with E-state index in [4.69, 9.17) is 19.1 Å². The Balaban J connectivity index is 1.51. The van der Waals surface area contributed by atoms with Crippen LogP contribution in [0, 0.1) is 0 Å². The highest BCUT2D eigenvalue weighted by Crippen LogP contribution is 2.39. The smallest absolute Gasteiger partial charge is 0.256 e. The SMILES string of the molecule is COc1ccc2c(c1)-c1nn(C)cc1Cc1c(-c3noc([C@@H]4CCCO4)n3)ncn1-2. The van der Waals surface area contributed by atoms with Gasteiger partial charge in [-0.25, -0.2) is 4.98 Å². The molecule has 1 saturated heterocycles. The third-order valence-electron chi connectivity index (χ3n) is 5.71. The second-order valence-corrected chi connectivity index (χ2v) is 7.60. The van der Waals surface area contributed by atoms with Crippen LogP contribution in [0.3, 0.4) is 0 Å². The zero-order valence-corrected chi connectivity index (χ0v) is 16.7. The summed E-state index contributed by atoms with van der Waals surface area (Å²) in [6, 6.07) is 5.99. The molecule has 5 heterocycles. The summed E-state index contributed by atoms with van der Waals surface area (Å²) >= 11 is 0. The number of hydrogen-bond donors (Lipinski definition) is 0. The third kappa shape index (κ3) is 2.58. The molecule has 9 nitrogen and oxygen atoms in total. The minimum Gasteiger partial charge on any atom is -0.497 e. The van der Waals surface area contributed by atoms with E-state index in [2.05, 4.69) is 19.7 Å². The van der Waals surface area contributed by atoms with Gasteiger partial charge >= 0.3 is 0 Å². The summed E-state index contributed by atoms with van der Waals surface area (Å²) < 4.78 is 20.5. The molecule has 0 spiro atoms. The maximum atomic E-state index is 5.68. The Labute approximate surface area is 172 Å². The molecule has 6 rings (SSSR count). The van der Waals surface area contributed by atoms with Crippen molar-refractivity contribution in [2.24, 2.45) is 7.05 Å². The zero-order chi connectivity index (χ0) is 20.2. The zero-order valence-electron chi connectivity index (χ0n) is 16.7. The van der Waals surface area contributed by atoms with Gasteiger partial charge in [0.1, 0.15) is 23.9 Å². The maximum absolute atomic E-state index is 5.68. The fourth-order valence-electron chi connectivity index (χ4n) is 4.29. The second-order valence-electron chi connectivity index (χ2n) is 7.60. The molecule has 9 heteroatoms. The topological polar surface area (TPSA) is 93.0 Å². The number of aromatic nitrogens is 6. The van der Waals surface area contributed by atoms with Crippen LogP contribution < -0.4 is 4.74 Å². The van der Waals surface area contributed by atoms with Gasteiger partial charge in [-0.1, -0.05) is 5.16 Å². The molecule has 0 radical (unpaired) electrons. The molecule has 0 amide bonds. The summed E-state index contributed by atoms with van der Waals surface area (Å²) in [6.07, 6.45) is 6.29. The quantitative estimate of drug-likeness (QED) is 0.456. The average molecular weight is 404 g/mol. The van der Waals surface area contributed by atoms with Gasteiger partial charge in [0.2, 0.25) is 5.82 Å². The fourth-order valence-corrected chi connectivity index (χ4v) is 4.29. The maximum Gasteiger partial charge on any atom is 0.256 e. The van der Waals surface area contributed by atoms with E-state index in [1.54, 1.807) is 7.11 Å². The number of imidazole rings is 1. The van der Waals surface area contributed by atoms with Crippen molar-refractivity contribution in [2.45, 2.75) is 25.4 Å². The molecule has 1 aromatic carbocycles. The van der Waals surface area contributed by atoms with Crippen molar-refractivity contribution in [1.82, 2.24) is 29.5 Å². The Morgan fingerprint density at radius 1 is 1.23 bits per heavy atom. The molecule has 3 aromatic heterocycles. The van der Waals surface area contributed by atoms with E-state index in [0.29, 0.717) is 23.8 Å². The van der Waals surface area contributed by atoms with Gasteiger partial charge in [-0.3, -0.25) is 4.68 Å². The van der Waals surface area contributed by atoms with Gasteiger partial charge in [0.05, 0.1) is 24.2 Å². The number of fused-ring (bicyclic) bond motifs is 5. The lowest BCUT2D eigenvalue weighted by molar-refractivity contribution is 0.0835. The normalized spacial score (nSPS) is 17.3. The predicted molar refractivity (Wildman–Crippen MR) is 106 cm³/mol. The van der Waals surface area contributed by atoms with Gasteiger partial charge in [-0.15, -0.1) is 0 Å². The molecule has 1 atom stereocenters. The van der Waals surface area contributed by atoms with Crippen LogP contribution in [0.5, 0.6) is 5.75 Å². The van der Waals surface area contributed by atoms with Crippen LogP contribution in [-0.2, 0) is 18.2 Å². The first-order chi connectivity index (χ1) is 14.7. The van der Waals surface area contributed by atoms with E-state index >= 15 is 0 Å². The van der Waals surface area contributed by atoms with E-state index < -0.39 is 0 Å². The van der Waals surface area contributed by atoms with Crippen molar-refractivity contribution in [1.29, 1.82) is 0 Å². The minimum atomic E-state index is -0.120. The Hall–Kier alpha value is -3.46. The Morgan fingerprint density at radius 2 is 2.17 bits per heavy atom. The van der Waals surface area contributed by atoms with Gasteiger partial charge < -0.3 is 18.6 Å². The molecule has 0 bridgehead atoms. The van der Waals surface area contributed by atoms with Crippen molar-refractivity contribution in [2.75, 3.05) is 13.7 Å². The van der Waals surface area contributed by atoms with Crippen molar-refractivity contribution < 1.29 is 14.0 Å². The summed E-state index contributed by atoms with van der Waals surface area (Å²) in [5.41, 5.74) is 5.74. The van der Waals surface area contributed by atoms with Crippen LogP contribution in [0.4, 0.5) is 0 Å². The summed E-state index contributed by atoms with van der Waals surface area (Å²) in [4.78, 5) is 9.25. The minimum absolute atomic E-state index is 0.120. The number of aryl methyl sites for hydroxylation is 1. The lowest BCUT2D eigenvalue weighted by Crippen LogP contribution is -2.01. The Morgan fingerprint density at radius 3 is 3.00 bits per heavy atom. The van der Waals surface area contributed by atoms with Crippen LogP contribution in [0.1, 0.15) is 36.1 Å². The molecule has 2 aliphatic heterocycles. The average Bonchev–Trinajstić information content (AvgIpc) is 3.53. The number of rotatable bonds is 3. The molecule has 2 aliphatic rings. The van der Waals surface area contributed by atoms with Crippen LogP contribution in [0.15, 0.2) is 35.2 Å². The highest BCUT2D eigenvalue weighted by atomic mass is 16.5. The van der Waals surface area contributed by atoms with Crippen LogP contribution >= 0.6 is 0 Å². The molecule has 1 fully saturated rings. The summed E-state index contributed by atoms with van der Waals surface area (Å²) in [5, 5.41) is 8.91. The van der Waals surface area contributed by atoms with E-state index in [-0.39, 0.29) is 6.10 Å². The van der Waals surface area contributed by atoms with Crippen molar-refractivity contribution >= 4 is 0 Å². The van der Waals surface area contributed by atoms with Gasteiger partial charge in [-0.2, -0.15) is 10.1 Å². The lowest BCUT2D eigenvalue weighted by atomic mass is 10.0. The first kappa shape index (κ1) is 17.4. The molecule has 4 aromatic rings. The van der Waals surface area contributed by atoms with E-state index in [9.17, 15) is 0 Å². The second kappa shape index (κ2) is 6.53. The molecule has 0 N–H and O–H groups in total. The summed E-state index contributed by atoms with van der Waals surface area (Å²) in [7, 11) is 3.60. The van der Waals surface area contributed by atoms with E-state index in [1.165, 1.54) is 0 Å². The van der Waals surface area contributed by atoms with Gasteiger partial charge in [0, 0.05) is 37.4 Å². The fraction of sp³-hybridized carbons (Fsp3) is 0.333. The lowest BCUT2D eigenvalue weighted by Gasteiger charge is -2.11. The number of methoxy groups -OCH3 is 1. The molecule has 30 heavy (non-hydrogen) atoms. The molecular formula is C21H20N6O3. The summed E-state index contributed by atoms with van der Waals surface area (Å²) in [6.45, 7) is 0.728. The number of ether oxygens (including phenoxy) is 2. The molecular weight excluding hydrogens is 384 g/mol. The van der Waals surface area contributed by atoms with E-state index in [0.717, 1.165) is 53.4 Å². The van der Waals surface area contributed by atoms with Crippen LogP contribution in [0.2, 0.25) is 0 Å². The molecule has 0 unspecified atom stereocenters. The molecule has 0 aliphatic carbocycles. The highest BCUT2D eigenvalue weighted by Gasteiger charge is 2.29. The number of hydrogen-bond acceptors (Lipinski definition) is 7.